The maximum Gasteiger partial charge on any atom is 0.252 e. The zero-order valence-electron chi connectivity index (χ0n) is 13.2. The van der Waals surface area contributed by atoms with Crippen molar-refractivity contribution < 1.29 is 18.7 Å². The van der Waals surface area contributed by atoms with Gasteiger partial charge in [0.05, 0.1) is 11.6 Å². The Balaban J connectivity index is 1.65. The molecule has 6 heteroatoms. The highest BCUT2D eigenvalue weighted by atomic mass is 19.1. The number of carbonyl (C=O) groups excluding carboxylic acids is 1. The Morgan fingerprint density at radius 3 is 2.80 bits per heavy atom. The van der Waals surface area contributed by atoms with E-state index in [-0.39, 0.29) is 24.4 Å². The summed E-state index contributed by atoms with van der Waals surface area (Å²) in [6.45, 7) is -0.0493. The summed E-state index contributed by atoms with van der Waals surface area (Å²) in [6, 6.07) is 11.9. The summed E-state index contributed by atoms with van der Waals surface area (Å²) in [5, 5.41) is 13.4. The predicted molar refractivity (Wildman–Crippen MR) is 90.1 cm³/mol. The molecule has 0 bridgehead atoms. The minimum absolute atomic E-state index is 0.0243. The lowest BCUT2D eigenvalue weighted by Gasteiger charge is -2.13. The number of hydrogen-bond donors (Lipinski definition) is 2. The molecule has 3 aromatic rings. The molecule has 25 heavy (non-hydrogen) atoms. The number of pyridine rings is 1. The SMILES string of the molecule is O=C(NC[C@H](O)Cc1ccc(F)cc1F)c1cccc2ncccc12. The van der Waals surface area contributed by atoms with Crippen LogP contribution < -0.4 is 5.32 Å². The first-order valence-corrected chi connectivity index (χ1v) is 7.78. The average Bonchev–Trinajstić information content (AvgIpc) is 2.61. The van der Waals surface area contributed by atoms with E-state index in [1.807, 2.05) is 0 Å². The van der Waals surface area contributed by atoms with Gasteiger partial charge in [0.15, 0.2) is 0 Å². The molecule has 1 aromatic heterocycles. The number of halogens is 2. The molecular formula is C19H16F2N2O2. The van der Waals surface area contributed by atoms with Crippen LogP contribution in [0.2, 0.25) is 0 Å². The van der Waals surface area contributed by atoms with Crippen molar-refractivity contribution in [3.63, 3.8) is 0 Å². The molecule has 0 aliphatic heterocycles. The Bertz CT molecular complexity index is 910. The highest BCUT2D eigenvalue weighted by Gasteiger charge is 2.14. The molecule has 4 nitrogen and oxygen atoms in total. The van der Waals surface area contributed by atoms with Gasteiger partial charge in [-0.2, -0.15) is 0 Å². The molecule has 128 valence electrons. The summed E-state index contributed by atoms with van der Waals surface area (Å²) in [5.74, 6) is -1.74. The van der Waals surface area contributed by atoms with Gasteiger partial charge < -0.3 is 10.4 Å². The van der Waals surface area contributed by atoms with E-state index in [1.54, 1.807) is 36.5 Å². The van der Waals surface area contributed by atoms with Gasteiger partial charge in [0.25, 0.3) is 5.91 Å². The molecule has 2 N–H and O–H groups in total. The second-order valence-corrected chi connectivity index (χ2v) is 5.68. The number of aliphatic hydroxyl groups excluding tert-OH is 1. The van der Waals surface area contributed by atoms with E-state index < -0.39 is 17.7 Å². The largest absolute Gasteiger partial charge is 0.391 e. The quantitative estimate of drug-likeness (QED) is 0.749. The van der Waals surface area contributed by atoms with Crippen molar-refractivity contribution in [2.75, 3.05) is 6.54 Å². The van der Waals surface area contributed by atoms with Crippen molar-refractivity contribution in [1.82, 2.24) is 10.3 Å². The normalized spacial score (nSPS) is 12.1. The van der Waals surface area contributed by atoms with Crippen LogP contribution in [0, 0.1) is 11.6 Å². The number of aliphatic hydroxyl groups is 1. The van der Waals surface area contributed by atoms with E-state index in [1.165, 1.54) is 6.07 Å². The van der Waals surface area contributed by atoms with Gasteiger partial charge in [-0.1, -0.05) is 18.2 Å². The molecule has 0 fully saturated rings. The molecule has 0 aliphatic rings. The first kappa shape index (κ1) is 17.0. The van der Waals surface area contributed by atoms with Gasteiger partial charge in [-0.15, -0.1) is 0 Å². The fourth-order valence-electron chi connectivity index (χ4n) is 2.62. The molecule has 2 aromatic carbocycles. The topological polar surface area (TPSA) is 62.2 Å². The molecule has 0 saturated carbocycles. The van der Waals surface area contributed by atoms with Gasteiger partial charge >= 0.3 is 0 Å². The van der Waals surface area contributed by atoms with Crippen molar-refractivity contribution in [3.8, 4) is 0 Å². The van der Waals surface area contributed by atoms with Crippen molar-refractivity contribution in [2.24, 2.45) is 0 Å². The summed E-state index contributed by atoms with van der Waals surface area (Å²) in [6.07, 6.45) is 0.631. The van der Waals surface area contributed by atoms with Crippen LogP contribution in [0.3, 0.4) is 0 Å². The molecule has 0 spiro atoms. The van der Waals surface area contributed by atoms with Gasteiger partial charge in [-0.05, 0) is 29.8 Å². The van der Waals surface area contributed by atoms with Crippen molar-refractivity contribution in [3.05, 3.63) is 77.5 Å². The molecule has 0 unspecified atom stereocenters. The third kappa shape index (κ3) is 3.97. The van der Waals surface area contributed by atoms with Gasteiger partial charge in [0.2, 0.25) is 0 Å². The van der Waals surface area contributed by atoms with Gasteiger partial charge in [-0.25, -0.2) is 8.78 Å². The monoisotopic (exact) mass is 342 g/mol. The maximum atomic E-state index is 13.6. The summed E-state index contributed by atoms with van der Waals surface area (Å²) >= 11 is 0. The number of nitrogens with one attached hydrogen (secondary N) is 1. The van der Waals surface area contributed by atoms with Crippen LogP contribution >= 0.6 is 0 Å². The third-order valence-electron chi connectivity index (χ3n) is 3.86. The number of hydrogen-bond acceptors (Lipinski definition) is 3. The Labute approximate surface area is 143 Å². The van der Waals surface area contributed by atoms with Crippen LogP contribution in [-0.4, -0.2) is 28.6 Å². The van der Waals surface area contributed by atoms with E-state index >= 15 is 0 Å². The molecule has 1 amide bonds. The second kappa shape index (κ2) is 7.36. The van der Waals surface area contributed by atoms with E-state index in [0.29, 0.717) is 16.5 Å². The van der Waals surface area contributed by atoms with Crippen LogP contribution in [0.1, 0.15) is 15.9 Å². The zero-order valence-corrected chi connectivity index (χ0v) is 13.2. The smallest absolute Gasteiger partial charge is 0.252 e. The van der Waals surface area contributed by atoms with Crippen LogP contribution in [0.5, 0.6) is 0 Å². The minimum Gasteiger partial charge on any atom is -0.391 e. The Morgan fingerprint density at radius 1 is 1.16 bits per heavy atom. The highest BCUT2D eigenvalue weighted by molar-refractivity contribution is 6.06. The molecule has 0 saturated heterocycles. The van der Waals surface area contributed by atoms with Crippen molar-refractivity contribution >= 4 is 16.8 Å². The summed E-state index contributed by atoms with van der Waals surface area (Å²) < 4.78 is 26.5. The summed E-state index contributed by atoms with van der Waals surface area (Å²) in [7, 11) is 0. The second-order valence-electron chi connectivity index (χ2n) is 5.68. The van der Waals surface area contributed by atoms with E-state index in [9.17, 15) is 18.7 Å². The van der Waals surface area contributed by atoms with Gasteiger partial charge in [-0.3, -0.25) is 9.78 Å². The maximum absolute atomic E-state index is 13.6. The Morgan fingerprint density at radius 2 is 2.00 bits per heavy atom. The molecule has 0 radical (unpaired) electrons. The number of rotatable bonds is 5. The standard InChI is InChI=1S/C19H16F2N2O2/c20-13-7-6-12(17(21)10-13)9-14(24)11-23-19(25)16-3-1-5-18-15(16)4-2-8-22-18/h1-8,10,14,24H,9,11H2,(H,23,25)/t14-/m1/s1. The third-order valence-corrected chi connectivity index (χ3v) is 3.86. The Hall–Kier alpha value is -2.86. The number of nitrogens with zero attached hydrogens (tertiary/aromatic N) is 1. The van der Waals surface area contributed by atoms with Crippen molar-refractivity contribution in [2.45, 2.75) is 12.5 Å². The van der Waals surface area contributed by atoms with Crippen LogP contribution in [-0.2, 0) is 6.42 Å². The lowest BCUT2D eigenvalue weighted by Crippen LogP contribution is -2.33. The van der Waals surface area contributed by atoms with Crippen LogP contribution in [0.4, 0.5) is 8.78 Å². The number of benzene rings is 2. The summed E-state index contributed by atoms with van der Waals surface area (Å²) in [5.41, 5.74) is 1.34. The molecule has 1 atom stereocenters. The Kier molecular flexibility index (Phi) is 5.00. The number of amides is 1. The van der Waals surface area contributed by atoms with Gasteiger partial charge in [0.1, 0.15) is 11.6 Å². The van der Waals surface area contributed by atoms with Crippen LogP contribution in [0.15, 0.2) is 54.7 Å². The first-order chi connectivity index (χ1) is 12.0. The summed E-state index contributed by atoms with van der Waals surface area (Å²) in [4.78, 5) is 16.5. The first-order valence-electron chi connectivity index (χ1n) is 7.78. The van der Waals surface area contributed by atoms with E-state index in [0.717, 1.165) is 12.1 Å². The van der Waals surface area contributed by atoms with Crippen molar-refractivity contribution in [1.29, 1.82) is 0 Å². The van der Waals surface area contributed by atoms with Crippen LogP contribution in [0.25, 0.3) is 10.9 Å². The van der Waals surface area contributed by atoms with E-state index in [4.69, 9.17) is 0 Å². The predicted octanol–water partition coefficient (Wildman–Crippen LogP) is 2.85. The number of aromatic nitrogens is 1. The number of carbonyl (C=O) groups is 1. The fourth-order valence-corrected chi connectivity index (χ4v) is 2.62. The lowest BCUT2D eigenvalue weighted by molar-refractivity contribution is 0.0917. The molecule has 0 aliphatic carbocycles. The molecule has 1 heterocycles. The van der Waals surface area contributed by atoms with Gasteiger partial charge in [0, 0.05) is 36.2 Å². The molecule has 3 rings (SSSR count). The number of fused-ring (bicyclic) bond motifs is 1. The van der Waals surface area contributed by atoms with E-state index in [2.05, 4.69) is 10.3 Å². The molecular weight excluding hydrogens is 326 g/mol. The fraction of sp³-hybridized carbons (Fsp3) is 0.158. The average molecular weight is 342 g/mol. The lowest BCUT2D eigenvalue weighted by atomic mass is 10.1. The highest BCUT2D eigenvalue weighted by Crippen LogP contribution is 2.16. The minimum atomic E-state index is -0.989. The zero-order chi connectivity index (χ0) is 17.8.